The molecule has 114 valence electrons. The number of nitrogens with one attached hydrogen (secondary N) is 2. The van der Waals surface area contributed by atoms with Gasteiger partial charge in [-0.15, -0.1) is 0 Å². The highest BCUT2D eigenvalue weighted by atomic mass is 32.2. The lowest BCUT2D eigenvalue weighted by Crippen LogP contribution is -2.42. The summed E-state index contributed by atoms with van der Waals surface area (Å²) < 4.78 is 28.0. The zero-order chi connectivity index (χ0) is 15.6. The van der Waals surface area contributed by atoms with Crippen LogP contribution in [-0.4, -0.2) is 45.1 Å². The second-order valence-electron chi connectivity index (χ2n) is 4.53. The minimum Gasteiger partial charge on any atom is -0.480 e. The van der Waals surface area contributed by atoms with Gasteiger partial charge in [-0.1, -0.05) is 0 Å². The van der Waals surface area contributed by atoms with Crippen molar-refractivity contribution < 1.29 is 18.3 Å². The molecule has 21 heavy (non-hydrogen) atoms. The zero-order valence-corrected chi connectivity index (χ0v) is 12.3. The monoisotopic (exact) mass is 313 g/mol. The van der Waals surface area contributed by atoms with Crippen LogP contribution >= 0.6 is 0 Å². The number of aliphatic carboxylic acids is 1. The lowest BCUT2D eigenvalue weighted by molar-refractivity contribution is -0.138. The minimum absolute atomic E-state index is 0.0413. The Morgan fingerprint density at radius 3 is 2.76 bits per heavy atom. The number of aromatic nitrogens is 4. The van der Waals surface area contributed by atoms with Crippen molar-refractivity contribution >= 4 is 16.0 Å². The van der Waals surface area contributed by atoms with Crippen molar-refractivity contribution in [3.63, 3.8) is 0 Å². The number of carbonyl (C=O) groups is 1. The van der Waals surface area contributed by atoms with E-state index in [1.54, 1.807) is 18.5 Å². The van der Waals surface area contributed by atoms with Crippen molar-refractivity contribution in [2.24, 2.45) is 7.05 Å². The van der Waals surface area contributed by atoms with Gasteiger partial charge in [-0.05, 0) is 6.92 Å². The van der Waals surface area contributed by atoms with Crippen LogP contribution in [0.1, 0.15) is 11.5 Å². The Morgan fingerprint density at radius 2 is 2.29 bits per heavy atom. The lowest BCUT2D eigenvalue weighted by atomic mass is 10.2. The van der Waals surface area contributed by atoms with Crippen molar-refractivity contribution in [2.45, 2.75) is 24.4 Å². The van der Waals surface area contributed by atoms with Gasteiger partial charge in [-0.25, -0.2) is 18.4 Å². The molecule has 0 bridgehead atoms. The molecule has 0 amide bonds. The van der Waals surface area contributed by atoms with Gasteiger partial charge < -0.3 is 14.7 Å². The third-order valence-electron chi connectivity index (χ3n) is 2.94. The largest absolute Gasteiger partial charge is 0.480 e. The summed E-state index contributed by atoms with van der Waals surface area (Å²) in [5, 5.41) is 8.95. The highest BCUT2D eigenvalue weighted by molar-refractivity contribution is 7.89. The number of hydrogen-bond acceptors (Lipinski definition) is 5. The molecule has 0 saturated heterocycles. The van der Waals surface area contributed by atoms with Crippen molar-refractivity contribution in [3.8, 4) is 0 Å². The van der Waals surface area contributed by atoms with Crippen LogP contribution in [0.5, 0.6) is 0 Å². The van der Waals surface area contributed by atoms with Crippen molar-refractivity contribution in [2.75, 3.05) is 0 Å². The first-order chi connectivity index (χ1) is 9.79. The molecule has 2 heterocycles. The van der Waals surface area contributed by atoms with Gasteiger partial charge >= 0.3 is 5.97 Å². The van der Waals surface area contributed by atoms with Crippen molar-refractivity contribution in [1.82, 2.24) is 24.2 Å². The van der Waals surface area contributed by atoms with Gasteiger partial charge in [-0.2, -0.15) is 4.72 Å². The van der Waals surface area contributed by atoms with Crippen LogP contribution in [0, 0.1) is 6.92 Å². The van der Waals surface area contributed by atoms with E-state index < -0.39 is 22.0 Å². The molecule has 2 rings (SSSR count). The van der Waals surface area contributed by atoms with Crippen molar-refractivity contribution in [1.29, 1.82) is 0 Å². The van der Waals surface area contributed by atoms with Crippen LogP contribution < -0.4 is 4.72 Å². The summed E-state index contributed by atoms with van der Waals surface area (Å²) in [4.78, 5) is 21.6. The Hall–Kier alpha value is -2.20. The topological polar surface area (TPSA) is 130 Å². The number of sulfonamides is 1. The Morgan fingerprint density at radius 1 is 1.57 bits per heavy atom. The minimum atomic E-state index is -4.01. The Kier molecular flexibility index (Phi) is 4.09. The molecule has 0 spiro atoms. The fourth-order valence-corrected chi connectivity index (χ4v) is 2.93. The normalized spacial score (nSPS) is 13.2. The van der Waals surface area contributed by atoms with E-state index in [0.717, 1.165) is 0 Å². The van der Waals surface area contributed by atoms with Crippen molar-refractivity contribution in [3.05, 3.63) is 30.2 Å². The average molecular weight is 313 g/mol. The third-order valence-corrected chi connectivity index (χ3v) is 4.28. The number of hydrogen-bond donors (Lipinski definition) is 3. The molecule has 10 heteroatoms. The van der Waals surface area contributed by atoms with E-state index in [1.165, 1.54) is 18.7 Å². The second kappa shape index (κ2) is 5.66. The van der Waals surface area contributed by atoms with E-state index in [0.29, 0.717) is 11.5 Å². The Labute approximate surface area is 121 Å². The highest BCUT2D eigenvalue weighted by Gasteiger charge is 2.27. The number of nitrogens with zero attached hydrogens (tertiary/aromatic N) is 3. The van der Waals surface area contributed by atoms with Gasteiger partial charge in [0.2, 0.25) is 0 Å². The van der Waals surface area contributed by atoms with E-state index in [2.05, 4.69) is 19.7 Å². The van der Waals surface area contributed by atoms with Crippen LogP contribution in [0.2, 0.25) is 0 Å². The van der Waals surface area contributed by atoms with Crippen LogP contribution in [0.15, 0.2) is 23.7 Å². The third kappa shape index (κ3) is 3.47. The molecule has 0 saturated carbocycles. The molecule has 3 N–H and O–H groups in total. The highest BCUT2D eigenvalue weighted by Crippen LogP contribution is 2.10. The summed E-state index contributed by atoms with van der Waals surface area (Å²) in [5.41, 5.74) is 0.516. The molecular formula is C11H15N5O4S. The summed E-state index contributed by atoms with van der Waals surface area (Å²) in [6, 6.07) is -1.31. The number of aromatic amines is 1. The number of H-pyrrole nitrogens is 1. The molecule has 0 aliphatic carbocycles. The number of aryl methyl sites for hydroxylation is 2. The smallest absolute Gasteiger partial charge is 0.322 e. The molecule has 2 aromatic heterocycles. The van der Waals surface area contributed by atoms with Gasteiger partial charge in [0.05, 0.1) is 6.33 Å². The first-order valence-corrected chi connectivity index (χ1v) is 7.50. The first-order valence-electron chi connectivity index (χ1n) is 6.02. The van der Waals surface area contributed by atoms with Crippen LogP contribution in [0.3, 0.4) is 0 Å². The molecule has 9 nitrogen and oxygen atoms in total. The molecule has 2 aromatic rings. The summed E-state index contributed by atoms with van der Waals surface area (Å²) in [6.07, 6.45) is 4.12. The van der Waals surface area contributed by atoms with Crippen LogP contribution in [-0.2, 0) is 28.3 Å². The second-order valence-corrected chi connectivity index (χ2v) is 6.19. The number of rotatable bonds is 6. The van der Waals surface area contributed by atoms with Gasteiger partial charge in [0.25, 0.3) is 10.0 Å². The number of carboxylic acids is 1. The van der Waals surface area contributed by atoms with Gasteiger partial charge in [0, 0.05) is 31.6 Å². The summed E-state index contributed by atoms with van der Waals surface area (Å²) in [5.74, 6) is -0.767. The quantitative estimate of drug-likeness (QED) is 0.654. The van der Waals surface area contributed by atoms with Gasteiger partial charge in [0.1, 0.15) is 11.9 Å². The van der Waals surface area contributed by atoms with Crippen LogP contribution in [0.4, 0.5) is 0 Å². The van der Waals surface area contributed by atoms with E-state index >= 15 is 0 Å². The molecule has 0 unspecified atom stereocenters. The maximum atomic E-state index is 12.2. The molecule has 0 aliphatic heterocycles. The summed E-state index contributed by atoms with van der Waals surface area (Å²) in [6.45, 7) is 1.65. The van der Waals surface area contributed by atoms with E-state index in [4.69, 9.17) is 5.11 Å². The molecular weight excluding hydrogens is 298 g/mol. The maximum Gasteiger partial charge on any atom is 0.322 e. The molecule has 0 radical (unpaired) electrons. The maximum absolute atomic E-state index is 12.2. The predicted molar refractivity (Wildman–Crippen MR) is 72.0 cm³/mol. The molecule has 0 aromatic carbocycles. The number of imidazole rings is 2. The first kappa shape index (κ1) is 15.2. The number of carboxylic acid groups (broad SMARTS) is 1. The molecule has 0 fully saturated rings. The van der Waals surface area contributed by atoms with Crippen LogP contribution in [0.25, 0.3) is 0 Å². The standard InChI is InChI=1S/C11H15N5O4S/c1-7-14-10(5-16(7)2)21(19,20)15-9(11(17)18)3-8-4-12-6-13-8/h4-6,9,15H,3H2,1-2H3,(H,12,13)(H,17,18)/t9-/m1/s1. The summed E-state index contributed by atoms with van der Waals surface area (Å²) in [7, 11) is -2.35. The Balaban J connectivity index is 2.21. The molecule has 0 aliphatic rings. The zero-order valence-electron chi connectivity index (χ0n) is 11.4. The lowest BCUT2D eigenvalue weighted by Gasteiger charge is -2.12. The predicted octanol–water partition coefficient (Wildman–Crippen LogP) is -0.574. The summed E-state index contributed by atoms with van der Waals surface area (Å²) >= 11 is 0. The fourth-order valence-electron chi connectivity index (χ4n) is 1.70. The Bertz CT molecular complexity index is 715. The fraction of sp³-hybridized carbons (Fsp3) is 0.364. The van der Waals surface area contributed by atoms with E-state index in [1.807, 2.05) is 0 Å². The molecule has 1 atom stereocenters. The van der Waals surface area contributed by atoms with Gasteiger partial charge in [-0.3, -0.25) is 4.79 Å². The SMILES string of the molecule is Cc1nc(S(=O)(=O)N[C@H](Cc2cnc[nH]2)C(=O)O)cn1C. The van der Waals surface area contributed by atoms with E-state index in [9.17, 15) is 13.2 Å². The van der Waals surface area contributed by atoms with E-state index in [-0.39, 0.29) is 11.4 Å². The average Bonchev–Trinajstić information content (AvgIpc) is 3.00. The van der Waals surface area contributed by atoms with Gasteiger partial charge in [0.15, 0.2) is 5.03 Å².